The highest BCUT2D eigenvalue weighted by Gasteiger charge is 2.27. The Morgan fingerprint density at radius 3 is 2.50 bits per heavy atom. The highest BCUT2D eigenvalue weighted by Crippen LogP contribution is 2.40. The molecule has 0 spiro atoms. The number of carbonyl (C=O) groups is 1. The first-order valence-electron chi connectivity index (χ1n) is 8.73. The van der Waals surface area contributed by atoms with E-state index in [9.17, 15) is 4.79 Å². The molecule has 6 nitrogen and oxygen atoms in total. The van der Waals surface area contributed by atoms with E-state index in [-0.39, 0.29) is 19.4 Å². The van der Waals surface area contributed by atoms with Crippen LogP contribution in [0.15, 0.2) is 24.3 Å². The summed E-state index contributed by atoms with van der Waals surface area (Å²) >= 11 is 0. The Hall–Kier alpha value is -2.73. The molecule has 2 aromatic rings. The van der Waals surface area contributed by atoms with Crippen LogP contribution < -0.4 is 18.9 Å². The largest absolute Gasteiger partial charge is 0.454 e. The monoisotopic (exact) mass is 353 g/mol. The second-order valence-corrected chi connectivity index (χ2v) is 6.89. The Kier molecular flexibility index (Phi) is 3.53. The zero-order valence-electron chi connectivity index (χ0n) is 14.5. The number of carbonyl (C=O) groups excluding carboxylic acids is 1. The Bertz CT molecular complexity index is 908. The van der Waals surface area contributed by atoms with Gasteiger partial charge in [-0.25, -0.2) is 0 Å². The van der Waals surface area contributed by atoms with E-state index in [2.05, 4.69) is 11.9 Å². The predicted molar refractivity (Wildman–Crippen MR) is 93.2 cm³/mol. The molecule has 0 N–H and O–H groups in total. The number of rotatable bonds is 0. The van der Waals surface area contributed by atoms with Crippen molar-refractivity contribution in [1.82, 2.24) is 4.90 Å². The van der Waals surface area contributed by atoms with Gasteiger partial charge in [0, 0.05) is 30.6 Å². The highest BCUT2D eigenvalue weighted by atomic mass is 16.7. The van der Waals surface area contributed by atoms with Crippen LogP contribution in [0.5, 0.6) is 23.0 Å². The molecule has 134 valence electrons. The van der Waals surface area contributed by atoms with E-state index < -0.39 is 0 Å². The molecule has 5 rings (SSSR count). The lowest BCUT2D eigenvalue weighted by molar-refractivity contribution is 0.0989. The van der Waals surface area contributed by atoms with Gasteiger partial charge >= 0.3 is 0 Å². The quantitative estimate of drug-likeness (QED) is 0.726. The van der Waals surface area contributed by atoms with E-state index in [1.807, 2.05) is 24.3 Å². The van der Waals surface area contributed by atoms with Crippen LogP contribution in [0, 0.1) is 0 Å². The molecule has 0 saturated heterocycles. The van der Waals surface area contributed by atoms with E-state index >= 15 is 0 Å². The minimum Gasteiger partial charge on any atom is -0.454 e. The van der Waals surface area contributed by atoms with Crippen LogP contribution in [0.4, 0.5) is 0 Å². The lowest BCUT2D eigenvalue weighted by Crippen LogP contribution is -2.24. The fourth-order valence-corrected chi connectivity index (χ4v) is 3.80. The molecular weight excluding hydrogens is 334 g/mol. The summed E-state index contributed by atoms with van der Waals surface area (Å²) in [7, 11) is 2.05. The van der Waals surface area contributed by atoms with Gasteiger partial charge in [0.2, 0.25) is 13.6 Å². The third kappa shape index (κ3) is 2.49. The minimum atomic E-state index is 0.0775. The molecule has 3 aliphatic heterocycles. The van der Waals surface area contributed by atoms with Crippen molar-refractivity contribution in [3.05, 3.63) is 46.5 Å². The van der Waals surface area contributed by atoms with Gasteiger partial charge in [-0.05, 0) is 48.9 Å². The maximum Gasteiger partial charge on any atom is 0.231 e. The number of nitrogens with zero attached hydrogens (tertiary/aromatic N) is 1. The number of ether oxygens (including phenoxy) is 4. The fourth-order valence-electron chi connectivity index (χ4n) is 3.80. The Labute approximate surface area is 151 Å². The number of fused-ring (bicyclic) bond motifs is 5. The zero-order valence-corrected chi connectivity index (χ0v) is 14.5. The van der Waals surface area contributed by atoms with Crippen LogP contribution in [0.1, 0.15) is 27.0 Å². The molecule has 6 heteroatoms. The first-order valence-corrected chi connectivity index (χ1v) is 8.73. The maximum absolute atomic E-state index is 13.1. The summed E-state index contributed by atoms with van der Waals surface area (Å²) in [5.74, 6) is 2.97. The lowest BCUT2D eigenvalue weighted by Gasteiger charge is -2.22. The number of Topliss-reactive ketones (excluding diaryl/α,β-unsaturated/α-hetero) is 1. The van der Waals surface area contributed by atoms with Gasteiger partial charge in [0.25, 0.3) is 0 Å². The van der Waals surface area contributed by atoms with Crippen LogP contribution in [0.25, 0.3) is 0 Å². The third-order valence-electron chi connectivity index (χ3n) is 5.18. The molecule has 0 fully saturated rings. The van der Waals surface area contributed by atoms with E-state index in [4.69, 9.17) is 18.9 Å². The Balaban J connectivity index is 1.60. The first kappa shape index (κ1) is 15.5. The van der Waals surface area contributed by atoms with Crippen LogP contribution >= 0.6 is 0 Å². The van der Waals surface area contributed by atoms with E-state index in [0.29, 0.717) is 35.8 Å². The van der Waals surface area contributed by atoms with Crippen LogP contribution in [0.2, 0.25) is 0 Å². The van der Waals surface area contributed by atoms with Gasteiger partial charge in [0.1, 0.15) is 0 Å². The summed E-state index contributed by atoms with van der Waals surface area (Å²) < 4.78 is 22.1. The van der Waals surface area contributed by atoms with Gasteiger partial charge in [-0.15, -0.1) is 0 Å². The van der Waals surface area contributed by atoms with Gasteiger partial charge in [-0.1, -0.05) is 0 Å². The first-order chi connectivity index (χ1) is 12.7. The molecule has 0 atom stereocenters. The summed E-state index contributed by atoms with van der Waals surface area (Å²) in [4.78, 5) is 15.3. The Morgan fingerprint density at radius 1 is 0.923 bits per heavy atom. The highest BCUT2D eigenvalue weighted by molar-refractivity contribution is 6.00. The van der Waals surface area contributed by atoms with Crippen LogP contribution in [-0.2, 0) is 19.4 Å². The topological polar surface area (TPSA) is 57.2 Å². The maximum atomic E-state index is 13.1. The molecule has 0 amide bonds. The molecule has 0 radical (unpaired) electrons. The summed E-state index contributed by atoms with van der Waals surface area (Å²) in [6, 6.07) is 7.64. The molecule has 0 unspecified atom stereocenters. The van der Waals surface area contributed by atoms with E-state index in [1.54, 1.807) is 0 Å². The average molecular weight is 353 g/mol. The normalized spacial score (nSPS) is 18.4. The van der Waals surface area contributed by atoms with Crippen molar-refractivity contribution in [3.63, 3.8) is 0 Å². The predicted octanol–water partition coefficient (Wildman–Crippen LogP) is 2.56. The number of likely N-dealkylation sites (N-methyl/N-ethyl adjacent to an activating group) is 1. The van der Waals surface area contributed by atoms with Crippen LogP contribution in [-0.4, -0.2) is 37.9 Å². The molecule has 0 bridgehead atoms. The second-order valence-electron chi connectivity index (χ2n) is 6.89. The van der Waals surface area contributed by atoms with E-state index in [1.165, 1.54) is 0 Å². The molecule has 3 heterocycles. The van der Waals surface area contributed by atoms with E-state index in [0.717, 1.165) is 35.4 Å². The molecule has 26 heavy (non-hydrogen) atoms. The number of ketones is 1. The van der Waals surface area contributed by atoms with Crippen molar-refractivity contribution >= 4 is 5.78 Å². The van der Waals surface area contributed by atoms with Crippen molar-refractivity contribution in [3.8, 4) is 23.0 Å². The van der Waals surface area contributed by atoms with Crippen molar-refractivity contribution in [2.75, 3.05) is 27.2 Å². The number of hydrogen-bond donors (Lipinski definition) is 0. The molecule has 0 saturated carbocycles. The van der Waals surface area contributed by atoms with Crippen molar-refractivity contribution in [2.24, 2.45) is 0 Å². The summed E-state index contributed by atoms with van der Waals surface area (Å²) in [5, 5.41) is 0. The van der Waals surface area contributed by atoms with Crippen molar-refractivity contribution in [1.29, 1.82) is 0 Å². The van der Waals surface area contributed by atoms with Gasteiger partial charge < -0.3 is 23.8 Å². The SMILES string of the molecule is CN1CCc2cc3c(cc2CC(=O)c2ccc4c(c2C1)OCO4)OCO3. The van der Waals surface area contributed by atoms with Crippen LogP contribution in [0.3, 0.4) is 0 Å². The second kappa shape index (κ2) is 5.92. The lowest BCUT2D eigenvalue weighted by atomic mass is 9.92. The Morgan fingerprint density at radius 2 is 1.65 bits per heavy atom. The summed E-state index contributed by atoms with van der Waals surface area (Å²) in [6.45, 7) is 1.95. The minimum absolute atomic E-state index is 0.0775. The number of hydrogen-bond acceptors (Lipinski definition) is 6. The summed E-state index contributed by atoms with van der Waals surface area (Å²) in [5.41, 5.74) is 3.75. The molecule has 2 aromatic carbocycles. The van der Waals surface area contributed by atoms with Gasteiger partial charge in [0.15, 0.2) is 28.8 Å². The van der Waals surface area contributed by atoms with Gasteiger partial charge in [-0.2, -0.15) is 0 Å². The molecule has 3 aliphatic rings. The van der Waals surface area contributed by atoms with Crippen molar-refractivity contribution < 1.29 is 23.7 Å². The molecule has 0 aromatic heterocycles. The average Bonchev–Trinajstić information content (AvgIpc) is 3.28. The van der Waals surface area contributed by atoms with Gasteiger partial charge in [0.05, 0.1) is 0 Å². The van der Waals surface area contributed by atoms with Crippen molar-refractivity contribution in [2.45, 2.75) is 19.4 Å². The summed E-state index contributed by atoms with van der Waals surface area (Å²) in [6.07, 6.45) is 1.18. The molecule has 0 aliphatic carbocycles. The fraction of sp³-hybridized carbons (Fsp3) is 0.350. The number of benzene rings is 2. The van der Waals surface area contributed by atoms with Gasteiger partial charge in [-0.3, -0.25) is 4.79 Å². The third-order valence-corrected chi connectivity index (χ3v) is 5.18. The smallest absolute Gasteiger partial charge is 0.231 e. The molecular formula is C20H19NO5. The zero-order chi connectivity index (χ0) is 17.7. The standard InChI is InChI=1S/C20H19NO5/c1-21-5-4-12-7-18-19(25-10-24-18)8-13(12)6-16(22)14-2-3-17-20(15(14)9-21)26-11-23-17/h2-3,7-8H,4-6,9-11H2,1H3.